The molecular weight excluding hydrogens is 380 g/mol. The number of aromatic nitrogens is 3. The van der Waals surface area contributed by atoms with Crippen LogP contribution in [0.4, 0.5) is 0 Å². The molecule has 0 saturated carbocycles. The fraction of sp³-hybridized carbons (Fsp3) is 0.391. The Hall–Kier alpha value is -2.90. The summed E-state index contributed by atoms with van der Waals surface area (Å²) in [4.78, 5) is 9.30. The highest BCUT2D eigenvalue weighted by Crippen LogP contribution is 2.34. The van der Waals surface area contributed by atoms with E-state index in [9.17, 15) is 0 Å². The first-order valence-electron chi connectivity index (χ1n) is 10.5. The maximum atomic E-state index is 6.01. The minimum absolute atomic E-state index is 0.105. The second kappa shape index (κ2) is 8.45. The average Bonchev–Trinajstić information content (AvgIpc) is 3.03. The molecule has 0 bridgehead atoms. The van der Waals surface area contributed by atoms with Crippen molar-refractivity contribution in [3.63, 3.8) is 0 Å². The summed E-state index contributed by atoms with van der Waals surface area (Å²) in [5, 5.41) is 3.46. The Balaban J connectivity index is 1.23. The van der Waals surface area contributed by atoms with Crippen LogP contribution in [-0.2, 0) is 24.4 Å². The Morgan fingerprint density at radius 2 is 2.00 bits per heavy atom. The summed E-state index contributed by atoms with van der Waals surface area (Å²) < 4.78 is 19.8. The highest BCUT2D eigenvalue weighted by molar-refractivity contribution is 5.64. The number of imidazole rings is 1. The zero-order valence-corrected chi connectivity index (χ0v) is 17.1. The van der Waals surface area contributed by atoms with Crippen molar-refractivity contribution in [2.75, 3.05) is 19.8 Å². The summed E-state index contributed by atoms with van der Waals surface area (Å²) in [5.74, 6) is 2.55. The van der Waals surface area contributed by atoms with Crippen molar-refractivity contribution in [1.82, 2.24) is 19.9 Å². The lowest BCUT2D eigenvalue weighted by Crippen LogP contribution is -2.36. The van der Waals surface area contributed by atoms with Gasteiger partial charge >= 0.3 is 0 Å². The minimum atomic E-state index is 0.105. The van der Waals surface area contributed by atoms with E-state index < -0.39 is 0 Å². The van der Waals surface area contributed by atoms with Crippen LogP contribution in [0, 0.1) is 6.92 Å². The minimum Gasteiger partial charge on any atom is -0.490 e. The van der Waals surface area contributed by atoms with Crippen molar-refractivity contribution in [3.05, 3.63) is 59.8 Å². The van der Waals surface area contributed by atoms with Gasteiger partial charge in [-0.15, -0.1) is 0 Å². The molecule has 30 heavy (non-hydrogen) atoms. The molecule has 0 amide bonds. The van der Waals surface area contributed by atoms with Gasteiger partial charge in [-0.3, -0.25) is 4.98 Å². The number of ether oxygens (including phenoxy) is 3. The van der Waals surface area contributed by atoms with Crippen LogP contribution in [0.1, 0.15) is 23.6 Å². The van der Waals surface area contributed by atoms with E-state index in [2.05, 4.69) is 21.1 Å². The summed E-state index contributed by atoms with van der Waals surface area (Å²) in [6.07, 6.45) is 3.11. The second-order valence-corrected chi connectivity index (χ2v) is 7.74. The van der Waals surface area contributed by atoms with Gasteiger partial charge in [0.1, 0.15) is 12.4 Å². The molecule has 0 unspecified atom stereocenters. The molecule has 4 heterocycles. The topological polar surface area (TPSA) is 70.4 Å². The molecule has 0 aliphatic carbocycles. The van der Waals surface area contributed by atoms with Crippen LogP contribution in [0.25, 0.3) is 11.3 Å². The zero-order valence-electron chi connectivity index (χ0n) is 17.1. The average molecular weight is 406 g/mol. The molecule has 0 saturated heterocycles. The van der Waals surface area contributed by atoms with Crippen molar-refractivity contribution in [2.24, 2.45) is 0 Å². The van der Waals surface area contributed by atoms with E-state index in [1.807, 2.05) is 43.3 Å². The fourth-order valence-electron chi connectivity index (χ4n) is 3.84. The largest absolute Gasteiger partial charge is 0.490 e. The first-order valence-corrected chi connectivity index (χ1v) is 10.5. The summed E-state index contributed by atoms with van der Waals surface area (Å²) in [6, 6.07) is 12.1. The first-order chi connectivity index (χ1) is 14.7. The van der Waals surface area contributed by atoms with E-state index >= 15 is 0 Å². The Bertz CT molecular complexity index is 1030. The third-order valence-electron chi connectivity index (χ3n) is 5.38. The number of rotatable bonds is 5. The third-order valence-corrected chi connectivity index (χ3v) is 5.38. The molecule has 0 spiro atoms. The maximum Gasteiger partial charge on any atom is 0.161 e. The van der Waals surface area contributed by atoms with Gasteiger partial charge in [-0.2, -0.15) is 0 Å². The molecule has 1 atom stereocenters. The molecule has 7 nitrogen and oxygen atoms in total. The summed E-state index contributed by atoms with van der Waals surface area (Å²) in [5.41, 5.74) is 4.04. The molecular formula is C23H26N4O3. The number of nitrogens with one attached hydrogen (secondary N) is 1. The molecule has 2 aliphatic rings. The standard InChI is InChI=1S/C23H26N4O3/c1-16-4-2-5-18(25-16)11-24-12-19-13-27-14-20(26-23(27)15-30-19)17-6-7-21-22(10-17)29-9-3-8-28-21/h2,4-7,10,14,19,24H,3,8-9,11-13,15H2,1H3/t19-/m0/s1. The van der Waals surface area contributed by atoms with Crippen molar-refractivity contribution >= 4 is 0 Å². The van der Waals surface area contributed by atoms with Crippen molar-refractivity contribution < 1.29 is 14.2 Å². The lowest BCUT2D eigenvalue weighted by atomic mass is 10.1. The first kappa shape index (κ1) is 19.1. The molecule has 7 heteroatoms. The highest BCUT2D eigenvalue weighted by atomic mass is 16.5. The van der Waals surface area contributed by atoms with Crippen molar-refractivity contribution in [2.45, 2.75) is 39.1 Å². The van der Waals surface area contributed by atoms with Crippen LogP contribution in [0.15, 0.2) is 42.6 Å². The van der Waals surface area contributed by atoms with E-state index in [0.717, 1.165) is 66.0 Å². The predicted molar refractivity (Wildman–Crippen MR) is 113 cm³/mol. The molecule has 0 radical (unpaired) electrons. The van der Waals surface area contributed by atoms with Crippen LogP contribution in [-0.4, -0.2) is 40.4 Å². The van der Waals surface area contributed by atoms with Gasteiger partial charge in [-0.05, 0) is 37.3 Å². The summed E-state index contributed by atoms with van der Waals surface area (Å²) in [7, 11) is 0. The van der Waals surface area contributed by atoms with Gasteiger partial charge < -0.3 is 24.1 Å². The Morgan fingerprint density at radius 1 is 1.10 bits per heavy atom. The quantitative estimate of drug-likeness (QED) is 0.702. The molecule has 1 N–H and O–H groups in total. The molecule has 5 rings (SSSR count). The zero-order chi connectivity index (χ0) is 20.3. The van der Waals surface area contributed by atoms with Crippen LogP contribution in [0.3, 0.4) is 0 Å². The van der Waals surface area contributed by atoms with E-state index in [4.69, 9.17) is 19.2 Å². The second-order valence-electron chi connectivity index (χ2n) is 7.74. The Morgan fingerprint density at radius 3 is 2.90 bits per heavy atom. The number of hydrogen-bond donors (Lipinski definition) is 1. The van der Waals surface area contributed by atoms with Gasteiger partial charge in [0, 0.05) is 37.0 Å². The molecule has 2 aliphatic heterocycles. The van der Waals surface area contributed by atoms with Gasteiger partial charge in [0.25, 0.3) is 0 Å². The van der Waals surface area contributed by atoms with Gasteiger partial charge in [-0.25, -0.2) is 4.98 Å². The Labute approximate surface area is 176 Å². The SMILES string of the molecule is Cc1cccc(CNC[C@H]2Cn3cc(-c4ccc5c(c4)OCCCO5)nc3CO2)n1. The summed E-state index contributed by atoms with van der Waals surface area (Å²) >= 11 is 0. The molecule has 156 valence electrons. The van der Waals surface area contributed by atoms with Gasteiger partial charge in [-0.1, -0.05) is 6.07 Å². The fourth-order valence-corrected chi connectivity index (χ4v) is 3.84. The van der Waals surface area contributed by atoms with Gasteiger partial charge in [0.05, 0.1) is 37.3 Å². The lowest BCUT2D eigenvalue weighted by Gasteiger charge is -2.24. The van der Waals surface area contributed by atoms with Gasteiger partial charge in [0.2, 0.25) is 0 Å². The molecule has 0 fully saturated rings. The van der Waals surface area contributed by atoms with E-state index in [0.29, 0.717) is 19.8 Å². The summed E-state index contributed by atoms with van der Waals surface area (Å²) in [6.45, 7) is 6.18. The van der Waals surface area contributed by atoms with E-state index in [1.54, 1.807) is 0 Å². The monoisotopic (exact) mass is 406 g/mol. The van der Waals surface area contributed by atoms with Crippen LogP contribution < -0.4 is 14.8 Å². The number of benzene rings is 1. The van der Waals surface area contributed by atoms with E-state index in [1.165, 1.54) is 0 Å². The van der Waals surface area contributed by atoms with Crippen LogP contribution >= 0.6 is 0 Å². The highest BCUT2D eigenvalue weighted by Gasteiger charge is 2.22. The van der Waals surface area contributed by atoms with Crippen LogP contribution in [0.2, 0.25) is 0 Å². The van der Waals surface area contributed by atoms with Crippen molar-refractivity contribution in [3.8, 4) is 22.8 Å². The maximum absolute atomic E-state index is 6.01. The number of hydrogen-bond acceptors (Lipinski definition) is 6. The number of pyridine rings is 1. The number of aryl methyl sites for hydroxylation is 1. The Kier molecular flexibility index (Phi) is 5.38. The molecule has 2 aromatic heterocycles. The normalized spacial score (nSPS) is 18.0. The predicted octanol–water partition coefficient (Wildman–Crippen LogP) is 3.10. The smallest absolute Gasteiger partial charge is 0.161 e. The third kappa shape index (κ3) is 4.17. The van der Waals surface area contributed by atoms with Crippen molar-refractivity contribution in [1.29, 1.82) is 0 Å². The number of fused-ring (bicyclic) bond motifs is 2. The number of nitrogens with zero attached hydrogens (tertiary/aromatic N) is 3. The molecule has 3 aromatic rings. The van der Waals surface area contributed by atoms with E-state index in [-0.39, 0.29) is 6.10 Å². The lowest BCUT2D eigenvalue weighted by molar-refractivity contribution is 0.00274. The van der Waals surface area contributed by atoms with Crippen LogP contribution in [0.5, 0.6) is 11.5 Å². The van der Waals surface area contributed by atoms with Gasteiger partial charge in [0.15, 0.2) is 11.5 Å². The molecule has 1 aromatic carbocycles.